The van der Waals surface area contributed by atoms with Crippen molar-refractivity contribution in [2.24, 2.45) is 0 Å². The van der Waals surface area contributed by atoms with Gasteiger partial charge in [0.25, 0.3) is 0 Å². The highest BCUT2D eigenvalue weighted by Crippen LogP contribution is 2.22. The molecule has 1 heterocycles. The third-order valence-corrected chi connectivity index (χ3v) is 3.55. The van der Waals surface area contributed by atoms with E-state index in [0.29, 0.717) is 0 Å². The van der Waals surface area contributed by atoms with Crippen LogP contribution in [0.4, 0.5) is 0 Å². The van der Waals surface area contributed by atoms with Crippen molar-refractivity contribution in [3.63, 3.8) is 0 Å². The molecular weight excluding hydrogens is 290 g/mol. The maximum Gasteiger partial charge on any atom is 0.0538 e. The fourth-order valence-corrected chi connectivity index (χ4v) is 2.40. The summed E-state index contributed by atoms with van der Waals surface area (Å²) in [6.45, 7) is 6.61. The Hall–Kier alpha value is -1.39. The van der Waals surface area contributed by atoms with Crippen molar-refractivity contribution in [2.75, 3.05) is 0 Å². The Kier molecular flexibility index (Phi) is 4.33. The predicted octanol–water partition coefficient (Wildman–Crippen LogP) is 3.60. The van der Waals surface area contributed by atoms with Gasteiger partial charge in [0.15, 0.2) is 0 Å². The van der Waals surface area contributed by atoms with Crippen LogP contribution in [0.2, 0.25) is 0 Å². The third-order valence-electron chi connectivity index (χ3n) is 2.83. The lowest BCUT2D eigenvalue weighted by Crippen LogP contribution is -2.18. The highest BCUT2D eigenvalue weighted by Gasteiger charge is 2.08. The van der Waals surface area contributed by atoms with E-state index in [1.54, 1.807) is 10.9 Å². The fourth-order valence-electron chi connectivity index (χ4n) is 1.78. The Morgan fingerprint density at radius 2 is 2.28 bits per heavy atom. The molecule has 1 aromatic heterocycles. The van der Waals surface area contributed by atoms with Gasteiger partial charge in [0.1, 0.15) is 0 Å². The molecule has 0 aliphatic carbocycles. The molecule has 0 amide bonds. The van der Waals surface area contributed by atoms with Crippen molar-refractivity contribution >= 4 is 22.1 Å². The summed E-state index contributed by atoms with van der Waals surface area (Å²) in [5.74, 6) is 0. The average Bonchev–Trinajstić information content (AvgIpc) is 2.84. The number of aromatic nitrogens is 2. The van der Waals surface area contributed by atoms with Crippen LogP contribution >= 0.6 is 15.9 Å². The number of rotatable bonds is 5. The first-order chi connectivity index (χ1) is 8.70. The zero-order chi connectivity index (χ0) is 13.0. The number of halogens is 1. The summed E-state index contributed by atoms with van der Waals surface area (Å²) in [6, 6.07) is 8.54. The van der Waals surface area contributed by atoms with E-state index in [1.165, 1.54) is 5.56 Å². The molecule has 3 nitrogen and oxygen atoms in total. The lowest BCUT2D eigenvalue weighted by Gasteiger charge is -2.15. The van der Waals surface area contributed by atoms with E-state index in [1.807, 2.05) is 24.5 Å². The molecule has 0 bridgehead atoms. The lowest BCUT2D eigenvalue weighted by molar-refractivity contribution is 0.573. The van der Waals surface area contributed by atoms with E-state index < -0.39 is 0 Å². The Morgan fingerprint density at radius 1 is 1.50 bits per heavy atom. The highest BCUT2D eigenvalue weighted by atomic mass is 79.9. The van der Waals surface area contributed by atoms with Gasteiger partial charge in [-0.3, -0.25) is 0 Å². The Labute approximate surface area is 116 Å². The van der Waals surface area contributed by atoms with Crippen LogP contribution in [0.1, 0.15) is 24.1 Å². The molecule has 2 aromatic rings. The van der Waals surface area contributed by atoms with Crippen molar-refractivity contribution in [2.45, 2.75) is 19.5 Å². The summed E-state index contributed by atoms with van der Waals surface area (Å²) in [7, 11) is 0. The van der Waals surface area contributed by atoms with E-state index in [2.05, 4.69) is 52.0 Å². The van der Waals surface area contributed by atoms with Gasteiger partial charge in [-0.15, -0.1) is 0 Å². The quantitative estimate of drug-likeness (QED) is 0.915. The molecule has 18 heavy (non-hydrogen) atoms. The van der Waals surface area contributed by atoms with E-state index in [-0.39, 0.29) is 6.04 Å². The first kappa shape index (κ1) is 13.1. The van der Waals surface area contributed by atoms with E-state index in [4.69, 9.17) is 0 Å². The Balaban J connectivity index is 1.98. The van der Waals surface area contributed by atoms with Crippen LogP contribution in [-0.4, -0.2) is 9.78 Å². The van der Waals surface area contributed by atoms with Gasteiger partial charge in [0.05, 0.1) is 6.20 Å². The average molecular weight is 306 g/mol. The molecule has 1 N–H and O–H groups in total. The van der Waals surface area contributed by atoms with Crippen LogP contribution in [0.15, 0.2) is 47.7 Å². The molecular formula is C14H16BrN3. The number of hydrogen-bond donors (Lipinski definition) is 1. The summed E-state index contributed by atoms with van der Waals surface area (Å²) in [4.78, 5) is 0. The fraction of sp³-hybridized carbons (Fsp3) is 0.214. The van der Waals surface area contributed by atoms with Crippen molar-refractivity contribution < 1.29 is 0 Å². The van der Waals surface area contributed by atoms with Crippen LogP contribution in [0, 0.1) is 0 Å². The van der Waals surface area contributed by atoms with Crippen LogP contribution in [0.3, 0.4) is 0 Å². The zero-order valence-corrected chi connectivity index (χ0v) is 11.9. The van der Waals surface area contributed by atoms with Crippen molar-refractivity contribution in [1.82, 2.24) is 15.1 Å². The maximum absolute atomic E-state index is 4.15. The molecule has 0 unspecified atom stereocenters. The number of nitrogens with one attached hydrogen (secondary N) is 1. The van der Waals surface area contributed by atoms with Gasteiger partial charge in [0.2, 0.25) is 0 Å². The SMILES string of the molecule is C=Cn1cc(CN[C@H](C)c2ccccc2Br)cn1. The molecule has 0 saturated heterocycles. The third kappa shape index (κ3) is 3.09. The van der Waals surface area contributed by atoms with Crippen LogP contribution in [-0.2, 0) is 6.54 Å². The molecule has 0 aliphatic heterocycles. The van der Waals surface area contributed by atoms with E-state index in [9.17, 15) is 0 Å². The molecule has 94 valence electrons. The van der Waals surface area contributed by atoms with Crippen LogP contribution < -0.4 is 5.32 Å². The zero-order valence-electron chi connectivity index (χ0n) is 10.3. The molecule has 1 aromatic carbocycles. The summed E-state index contributed by atoms with van der Waals surface area (Å²) in [6.07, 6.45) is 5.49. The van der Waals surface area contributed by atoms with Crippen molar-refractivity contribution in [3.05, 3.63) is 58.8 Å². The van der Waals surface area contributed by atoms with E-state index in [0.717, 1.165) is 16.6 Å². The smallest absolute Gasteiger partial charge is 0.0538 e. The van der Waals surface area contributed by atoms with Gasteiger partial charge in [-0.2, -0.15) is 5.10 Å². The van der Waals surface area contributed by atoms with Gasteiger partial charge in [-0.1, -0.05) is 40.7 Å². The minimum absolute atomic E-state index is 0.285. The second-order valence-electron chi connectivity index (χ2n) is 4.14. The highest BCUT2D eigenvalue weighted by molar-refractivity contribution is 9.10. The molecule has 0 fully saturated rings. The second-order valence-corrected chi connectivity index (χ2v) is 4.99. The summed E-state index contributed by atoms with van der Waals surface area (Å²) in [5, 5.41) is 7.63. The molecule has 1 atom stereocenters. The Morgan fingerprint density at radius 3 is 2.94 bits per heavy atom. The molecule has 0 aliphatic rings. The first-order valence-corrected chi connectivity index (χ1v) is 6.63. The van der Waals surface area contributed by atoms with Gasteiger partial charge in [0, 0.05) is 35.0 Å². The summed E-state index contributed by atoms with van der Waals surface area (Å²) in [5.41, 5.74) is 2.41. The summed E-state index contributed by atoms with van der Waals surface area (Å²) < 4.78 is 2.84. The van der Waals surface area contributed by atoms with Gasteiger partial charge < -0.3 is 5.32 Å². The number of hydrogen-bond acceptors (Lipinski definition) is 2. The van der Waals surface area contributed by atoms with Crippen LogP contribution in [0.25, 0.3) is 6.20 Å². The monoisotopic (exact) mass is 305 g/mol. The minimum atomic E-state index is 0.285. The van der Waals surface area contributed by atoms with Crippen molar-refractivity contribution in [1.29, 1.82) is 0 Å². The largest absolute Gasteiger partial charge is 0.306 e. The van der Waals surface area contributed by atoms with Gasteiger partial charge in [-0.05, 0) is 18.6 Å². The molecule has 0 spiro atoms. The molecule has 2 rings (SSSR count). The van der Waals surface area contributed by atoms with Crippen LogP contribution in [0.5, 0.6) is 0 Å². The predicted molar refractivity (Wildman–Crippen MR) is 78.0 cm³/mol. The lowest BCUT2D eigenvalue weighted by atomic mass is 10.1. The number of nitrogens with zero attached hydrogens (tertiary/aromatic N) is 2. The summed E-state index contributed by atoms with van der Waals surface area (Å²) >= 11 is 3.57. The van der Waals surface area contributed by atoms with Crippen molar-refractivity contribution in [3.8, 4) is 0 Å². The second kappa shape index (κ2) is 5.98. The van der Waals surface area contributed by atoms with Gasteiger partial charge >= 0.3 is 0 Å². The van der Waals surface area contributed by atoms with E-state index >= 15 is 0 Å². The standard InChI is InChI=1S/C14H16BrN3/c1-3-18-10-12(9-17-18)8-16-11(2)13-6-4-5-7-14(13)15/h3-7,9-11,16H,1,8H2,2H3/t11-/m1/s1. The molecule has 4 heteroatoms. The topological polar surface area (TPSA) is 29.9 Å². The maximum atomic E-state index is 4.15. The molecule has 0 radical (unpaired) electrons. The Bertz CT molecular complexity index is 533. The molecule has 0 saturated carbocycles. The van der Waals surface area contributed by atoms with Gasteiger partial charge in [-0.25, -0.2) is 4.68 Å². The first-order valence-electron chi connectivity index (χ1n) is 5.84. The normalized spacial score (nSPS) is 12.3. The number of benzene rings is 1. The minimum Gasteiger partial charge on any atom is -0.306 e.